The van der Waals surface area contributed by atoms with Gasteiger partial charge >= 0.3 is 5.97 Å². The number of terminal acetylenes is 1. The largest absolute Gasteiger partial charge is 0.477 e. The molecule has 1 aromatic carbocycles. The lowest BCUT2D eigenvalue weighted by molar-refractivity contribution is -0.143. The van der Waals surface area contributed by atoms with Crippen LogP contribution in [0.25, 0.3) is 0 Å². The number of carbonyl (C=O) groups is 1. The Morgan fingerprint density at radius 1 is 1.37 bits per heavy atom. The lowest BCUT2D eigenvalue weighted by atomic mass is 9.97. The Morgan fingerprint density at radius 3 is 2.58 bits per heavy atom. The van der Waals surface area contributed by atoms with E-state index >= 15 is 0 Å². The van der Waals surface area contributed by atoms with Crippen molar-refractivity contribution in [3.05, 3.63) is 23.8 Å². The molecule has 0 aliphatic carbocycles. The zero-order chi connectivity index (χ0) is 14.5. The molecule has 19 heavy (non-hydrogen) atoms. The molecule has 0 aromatic heterocycles. The summed E-state index contributed by atoms with van der Waals surface area (Å²) < 4.78 is 10.6. The number of carbonyl (C=O) groups excluding carboxylic acids is 1. The van der Waals surface area contributed by atoms with E-state index in [9.17, 15) is 4.79 Å². The fourth-order valence-electron chi connectivity index (χ4n) is 1.22. The first-order valence-electron chi connectivity index (χ1n) is 5.91. The average Bonchev–Trinajstić information content (AvgIpc) is 2.36. The maximum Gasteiger partial charge on any atom is 0.316 e. The van der Waals surface area contributed by atoms with E-state index < -0.39 is 5.41 Å². The summed E-state index contributed by atoms with van der Waals surface area (Å²) in [5, 5.41) is 9.09. The zero-order valence-corrected chi connectivity index (χ0v) is 11.4. The van der Waals surface area contributed by atoms with Gasteiger partial charge in [-0.05, 0) is 38.5 Å². The third kappa shape index (κ3) is 4.31. The average molecular weight is 262 g/mol. The molecule has 0 amide bonds. The Labute approximate surface area is 113 Å². The highest BCUT2D eigenvalue weighted by Crippen LogP contribution is 2.30. The van der Waals surface area contributed by atoms with Gasteiger partial charge in [-0.1, -0.05) is 12.0 Å². The number of benzene rings is 1. The highest BCUT2D eigenvalue weighted by molar-refractivity contribution is 5.78. The maximum atomic E-state index is 11.8. The minimum Gasteiger partial charge on any atom is -0.477 e. The Hall–Kier alpha value is -1.99. The molecule has 0 saturated carbocycles. The van der Waals surface area contributed by atoms with Gasteiger partial charge in [0.05, 0.1) is 12.0 Å². The second kappa shape index (κ2) is 6.26. The lowest BCUT2D eigenvalue weighted by Gasteiger charge is -2.18. The molecule has 0 atom stereocenters. The van der Waals surface area contributed by atoms with Gasteiger partial charge in [0.2, 0.25) is 0 Å². The molecule has 0 spiro atoms. The van der Waals surface area contributed by atoms with Crippen LogP contribution in [0.3, 0.4) is 0 Å². The van der Waals surface area contributed by atoms with Crippen molar-refractivity contribution in [2.45, 2.75) is 27.4 Å². The Balaban J connectivity index is 2.99. The number of hydrogen-bond acceptors (Lipinski definition) is 4. The zero-order valence-electron chi connectivity index (χ0n) is 11.4. The molecule has 0 unspecified atom stereocenters. The van der Waals surface area contributed by atoms with Crippen molar-refractivity contribution in [3.8, 4) is 23.8 Å². The number of rotatable bonds is 4. The second-order valence-electron chi connectivity index (χ2n) is 5.07. The molecule has 0 radical (unpaired) electrons. The Kier molecular flexibility index (Phi) is 4.96. The SMILES string of the molecule is C#CCOc1cc(CO)ccc1OC(=O)C(C)(C)C. The number of aliphatic hydroxyl groups is 1. The topological polar surface area (TPSA) is 55.8 Å². The van der Waals surface area contributed by atoms with E-state index in [-0.39, 0.29) is 19.2 Å². The van der Waals surface area contributed by atoms with Gasteiger partial charge in [0.15, 0.2) is 11.5 Å². The van der Waals surface area contributed by atoms with Crippen LogP contribution in [0, 0.1) is 17.8 Å². The van der Waals surface area contributed by atoms with E-state index in [1.165, 1.54) is 0 Å². The summed E-state index contributed by atoms with van der Waals surface area (Å²) in [4.78, 5) is 11.8. The number of hydrogen-bond donors (Lipinski definition) is 1. The van der Waals surface area contributed by atoms with Gasteiger partial charge in [-0.3, -0.25) is 4.79 Å². The first-order valence-corrected chi connectivity index (χ1v) is 5.91. The molecule has 102 valence electrons. The third-order valence-corrected chi connectivity index (χ3v) is 2.32. The highest BCUT2D eigenvalue weighted by atomic mass is 16.6. The van der Waals surface area contributed by atoms with Crippen molar-refractivity contribution in [2.24, 2.45) is 5.41 Å². The molecule has 1 N–H and O–H groups in total. The molecule has 1 rings (SSSR count). The van der Waals surface area contributed by atoms with Gasteiger partial charge in [0.1, 0.15) is 6.61 Å². The molecular formula is C15H18O4. The van der Waals surface area contributed by atoms with E-state index in [4.69, 9.17) is 21.0 Å². The maximum absolute atomic E-state index is 11.8. The summed E-state index contributed by atoms with van der Waals surface area (Å²) >= 11 is 0. The molecule has 0 aliphatic rings. The summed E-state index contributed by atoms with van der Waals surface area (Å²) in [6.07, 6.45) is 5.14. The van der Waals surface area contributed by atoms with Crippen molar-refractivity contribution in [3.63, 3.8) is 0 Å². The van der Waals surface area contributed by atoms with Gasteiger partial charge in [0, 0.05) is 0 Å². The van der Waals surface area contributed by atoms with Gasteiger partial charge in [-0.15, -0.1) is 6.42 Å². The monoisotopic (exact) mass is 262 g/mol. The van der Waals surface area contributed by atoms with E-state index in [1.54, 1.807) is 39.0 Å². The summed E-state index contributed by atoms with van der Waals surface area (Å²) in [5.74, 6) is 2.62. The van der Waals surface area contributed by atoms with Crippen LogP contribution in [0.5, 0.6) is 11.5 Å². The normalized spacial score (nSPS) is 10.7. The molecule has 0 aliphatic heterocycles. The third-order valence-electron chi connectivity index (χ3n) is 2.32. The predicted molar refractivity (Wildman–Crippen MR) is 71.8 cm³/mol. The standard InChI is InChI=1S/C15H18O4/c1-5-8-18-13-9-11(10-16)6-7-12(13)19-14(17)15(2,3)4/h1,6-7,9,16H,8,10H2,2-4H3. The minimum absolute atomic E-state index is 0.0644. The first kappa shape index (κ1) is 15.1. The number of aliphatic hydroxyl groups excluding tert-OH is 1. The summed E-state index contributed by atoms with van der Waals surface area (Å²) in [7, 11) is 0. The van der Waals surface area contributed by atoms with Crippen molar-refractivity contribution < 1.29 is 19.4 Å². The van der Waals surface area contributed by atoms with Crippen LogP contribution in [0.4, 0.5) is 0 Å². The molecule has 1 aromatic rings. The number of ether oxygens (including phenoxy) is 2. The molecule has 4 heteroatoms. The van der Waals surface area contributed by atoms with Crippen LogP contribution in [-0.4, -0.2) is 17.7 Å². The highest BCUT2D eigenvalue weighted by Gasteiger charge is 2.25. The molecule has 0 saturated heterocycles. The molecule has 0 bridgehead atoms. The van der Waals surface area contributed by atoms with E-state index in [0.717, 1.165) is 0 Å². The molecule has 0 fully saturated rings. The van der Waals surface area contributed by atoms with Crippen LogP contribution in [0.2, 0.25) is 0 Å². The summed E-state index contributed by atoms with van der Waals surface area (Å²) in [6, 6.07) is 4.84. The van der Waals surface area contributed by atoms with Crippen LogP contribution in [-0.2, 0) is 11.4 Å². The van der Waals surface area contributed by atoms with Gasteiger partial charge in [-0.2, -0.15) is 0 Å². The number of esters is 1. The Bertz CT molecular complexity index is 492. The van der Waals surface area contributed by atoms with E-state index in [0.29, 0.717) is 17.1 Å². The van der Waals surface area contributed by atoms with Crippen molar-refractivity contribution in [2.75, 3.05) is 6.61 Å². The van der Waals surface area contributed by atoms with Crippen LogP contribution >= 0.6 is 0 Å². The van der Waals surface area contributed by atoms with Gasteiger partial charge in [0.25, 0.3) is 0 Å². The molecule has 4 nitrogen and oxygen atoms in total. The fraction of sp³-hybridized carbons (Fsp3) is 0.400. The molecular weight excluding hydrogens is 244 g/mol. The van der Waals surface area contributed by atoms with Crippen molar-refractivity contribution in [1.82, 2.24) is 0 Å². The molecule has 0 heterocycles. The fourth-order valence-corrected chi connectivity index (χ4v) is 1.22. The summed E-state index contributed by atoms with van der Waals surface area (Å²) in [6.45, 7) is 5.23. The van der Waals surface area contributed by atoms with Crippen LogP contribution < -0.4 is 9.47 Å². The van der Waals surface area contributed by atoms with Crippen LogP contribution in [0.15, 0.2) is 18.2 Å². The van der Waals surface area contributed by atoms with E-state index in [2.05, 4.69) is 5.92 Å². The minimum atomic E-state index is -0.612. The quantitative estimate of drug-likeness (QED) is 0.513. The second-order valence-corrected chi connectivity index (χ2v) is 5.07. The van der Waals surface area contributed by atoms with Gasteiger partial charge in [-0.25, -0.2) is 0 Å². The van der Waals surface area contributed by atoms with Crippen molar-refractivity contribution >= 4 is 5.97 Å². The summed E-state index contributed by atoms with van der Waals surface area (Å²) in [5.41, 5.74) is 0.0431. The Morgan fingerprint density at radius 2 is 2.05 bits per heavy atom. The van der Waals surface area contributed by atoms with Crippen molar-refractivity contribution in [1.29, 1.82) is 0 Å². The lowest BCUT2D eigenvalue weighted by Crippen LogP contribution is -2.25. The first-order chi connectivity index (χ1) is 8.88. The predicted octanol–water partition coefficient (Wildman–Crippen LogP) is 2.14. The van der Waals surface area contributed by atoms with Gasteiger partial charge < -0.3 is 14.6 Å². The van der Waals surface area contributed by atoms with E-state index in [1.807, 2.05) is 0 Å². The smallest absolute Gasteiger partial charge is 0.316 e. The van der Waals surface area contributed by atoms with Crippen LogP contribution in [0.1, 0.15) is 26.3 Å².